The van der Waals surface area contributed by atoms with Crippen molar-refractivity contribution in [2.45, 2.75) is 177 Å². The Morgan fingerprint density at radius 3 is 1.03 bits per heavy atom. The molecule has 0 aromatic heterocycles. The number of halogens is 4. The number of rotatable bonds is 32. The normalized spacial score (nSPS) is 20.9. The van der Waals surface area contributed by atoms with Crippen LogP contribution in [0.3, 0.4) is 0 Å². The standard InChI is InChI=1S/2C24H25O2S.C16H22F2O7S.C15H20F2O8S.C6H15N/c2*1-4-25-15-16-26-24-19(2)17-23(18-20(24)3)27(21-11-7-5-8-12-21)22-13-9-6-10-14-22;17-16(18,26(21,22)23)14(20)25-2-1-24-13(19)9-15-6-10-3-11(7-15)5-12(4-10)8-15;16-15(17,26(20,21)22)12(18)23-1-2-24-13(19)25-14-6-9-3-10(7-14)5-11(4-9)8-14;1-4-7(5-2)6-3/h2*4-14,17-18H,1,15-16H2,2-3H3;10-12H,1-9H2,(H,21,22,23);9-11H,1-8H2,(H,20,21,22);4-6H2,1-3H3/q2*+1;;;/p-1. The predicted octanol–water partition coefficient (Wildman–Crippen LogP) is 15.4. The highest BCUT2D eigenvalue weighted by Gasteiger charge is 2.55. The van der Waals surface area contributed by atoms with Gasteiger partial charge < -0.3 is 56.6 Å². The number of quaternary nitrogens is 1. The Morgan fingerprint density at radius 1 is 0.451 bits per heavy atom. The van der Waals surface area contributed by atoms with E-state index in [0.29, 0.717) is 61.9 Å². The lowest BCUT2D eigenvalue weighted by Crippen LogP contribution is -3.11. The summed E-state index contributed by atoms with van der Waals surface area (Å²) in [6, 6.07) is 51.8. The molecule has 0 aliphatic heterocycles. The molecule has 28 heteroatoms. The van der Waals surface area contributed by atoms with Crippen LogP contribution < -0.4 is 14.4 Å². The summed E-state index contributed by atoms with van der Waals surface area (Å²) in [6.07, 6.45) is 14.7. The molecule has 6 aromatic carbocycles. The van der Waals surface area contributed by atoms with Crippen molar-refractivity contribution < 1.29 is 110 Å². The van der Waals surface area contributed by atoms with E-state index in [1.165, 1.54) is 80.8 Å². The molecule has 8 bridgehead atoms. The molecule has 1 N–H and O–H groups in total. The Balaban J connectivity index is 0.000000183. The van der Waals surface area contributed by atoms with Crippen molar-refractivity contribution in [1.82, 2.24) is 0 Å². The summed E-state index contributed by atoms with van der Waals surface area (Å²) in [5.74, 6) is 0.0845. The van der Waals surface area contributed by atoms with Gasteiger partial charge in [0.2, 0.25) is 0 Å². The molecular formula is C85H106F4NO19S4+. The smallest absolute Gasteiger partial charge is 0.508 e. The molecule has 0 spiro atoms. The number of carbonyl (C=O) groups excluding carboxylic acids is 4. The fourth-order valence-corrected chi connectivity index (χ4v) is 22.1. The van der Waals surface area contributed by atoms with Crippen LogP contribution in [0.2, 0.25) is 0 Å². The number of carbonyl (C=O) groups is 4. The second-order valence-corrected chi connectivity index (χ2v) is 36.4. The maximum absolute atomic E-state index is 12.9. The van der Waals surface area contributed by atoms with Crippen molar-refractivity contribution in [2.75, 3.05) is 72.5 Å². The van der Waals surface area contributed by atoms with Crippen molar-refractivity contribution in [3.05, 3.63) is 194 Å². The molecule has 616 valence electrons. The molecule has 6 aromatic rings. The summed E-state index contributed by atoms with van der Waals surface area (Å²) >= 11 is 0. The van der Waals surface area contributed by atoms with Gasteiger partial charge in [-0.05, 0) is 237 Å². The summed E-state index contributed by atoms with van der Waals surface area (Å²) in [5, 5.41) is -10.3. The van der Waals surface area contributed by atoms with Gasteiger partial charge >= 0.3 is 34.6 Å². The maximum atomic E-state index is 12.9. The number of aryl methyl sites for hydroxylation is 4. The van der Waals surface area contributed by atoms with Crippen LogP contribution in [0.4, 0.5) is 22.4 Å². The number of nitrogens with one attached hydrogen (secondary N) is 1. The summed E-state index contributed by atoms with van der Waals surface area (Å²) in [6.45, 7) is 25.4. The molecule has 8 aliphatic rings. The predicted molar refractivity (Wildman–Crippen MR) is 419 cm³/mol. The zero-order valence-corrected chi connectivity index (χ0v) is 68.5. The van der Waals surface area contributed by atoms with E-state index in [1.54, 1.807) is 4.90 Å². The monoisotopic (exact) mass is 1650 g/mol. The van der Waals surface area contributed by atoms with Gasteiger partial charge in [0.1, 0.15) is 70.0 Å². The highest BCUT2D eigenvalue weighted by Crippen LogP contribution is 2.62. The van der Waals surface area contributed by atoms with Crippen LogP contribution >= 0.6 is 0 Å². The minimum absolute atomic E-state index is 0.0355. The Labute approximate surface area is 668 Å². The molecule has 20 nitrogen and oxygen atoms in total. The zero-order valence-electron chi connectivity index (χ0n) is 65.3. The van der Waals surface area contributed by atoms with E-state index >= 15 is 0 Å². The van der Waals surface area contributed by atoms with Crippen molar-refractivity contribution in [3.8, 4) is 11.5 Å². The summed E-state index contributed by atoms with van der Waals surface area (Å²) in [4.78, 5) is 55.4. The van der Waals surface area contributed by atoms with Crippen LogP contribution in [0.15, 0.2) is 201 Å². The fraction of sp³-hybridized carbons (Fsp3) is 0.482. The van der Waals surface area contributed by atoms with Crippen molar-refractivity contribution >= 4 is 66.1 Å². The van der Waals surface area contributed by atoms with Gasteiger partial charge in [-0.25, -0.2) is 31.2 Å². The van der Waals surface area contributed by atoms with Gasteiger partial charge in [-0.3, -0.25) is 4.79 Å². The first-order valence-electron chi connectivity index (χ1n) is 38.2. The average molecular weight is 1650 g/mol. The highest BCUT2D eigenvalue weighted by atomic mass is 32.2. The maximum Gasteiger partial charge on any atom is 0.508 e. The van der Waals surface area contributed by atoms with Crippen LogP contribution in [-0.4, -0.2) is 139 Å². The summed E-state index contributed by atoms with van der Waals surface area (Å²) in [5.41, 5.74) is 4.01. The number of benzene rings is 6. The molecule has 0 unspecified atom stereocenters. The Morgan fingerprint density at radius 2 is 0.743 bits per heavy atom. The molecule has 113 heavy (non-hydrogen) atoms. The van der Waals surface area contributed by atoms with Crippen molar-refractivity contribution in [2.24, 2.45) is 40.9 Å². The summed E-state index contributed by atoms with van der Waals surface area (Å²) < 4.78 is 159. The second-order valence-electron chi connectivity index (χ2n) is 29.5. The van der Waals surface area contributed by atoms with E-state index in [-0.39, 0.29) is 33.6 Å². The topological polar surface area (TPSA) is 270 Å². The van der Waals surface area contributed by atoms with E-state index < -0.39 is 86.8 Å². The third kappa shape index (κ3) is 25.4. The first-order chi connectivity index (χ1) is 53.8. The largest absolute Gasteiger partial charge is 0.743 e. The second kappa shape index (κ2) is 42.0. The van der Waals surface area contributed by atoms with Gasteiger partial charge in [0.25, 0.3) is 0 Å². The molecule has 0 saturated heterocycles. The van der Waals surface area contributed by atoms with Gasteiger partial charge in [0.15, 0.2) is 49.6 Å². The molecule has 0 heterocycles. The molecule has 8 aliphatic carbocycles. The number of hydrogen-bond acceptors (Lipinski definition) is 19. The van der Waals surface area contributed by atoms with Gasteiger partial charge in [0.05, 0.1) is 60.4 Å². The number of hydrogen-bond donors (Lipinski definition) is 1. The molecule has 0 radical (unpaired) electrons. The van der Waals surface area contributed by atoms with Gasteiger partial charge in [-0.1, -0.05) is 86.0 Å². The van der Waals surface area contributed by atoms with Crippen LogP contribution in [0, 0.1) is 68.6 Å². The highest BCUT2D eigenvalue weighted by molar-refractivity contribution is 7.97. The lowest BCUT2D eigenvalue weighted by Gasteiger charge is -2.56. The minimum Gasteiger partial charge on any atom is -0.743 e. The SMILES string of the molecule is C=COCCOc1c(C)cc([S+](c2ccccc2)c2ccccc2)cc1C.C=COCCOc1c(C)cc([S+](c2ccccc2)c2ccccc2)cc1C.CC[NH+](CC)CC.O=C(CC12CC3CC(CC(C3)C1)C2)OCCOC(=O)C(F)(F)S(=O)(=O)[O-].O=C(OCCOC(=O)C(F)(F)S(=O)(=O)[O-])OC12CC3CC(CC(C3)C1)C2. The van der Waals surface area contributed by atoms with E-state index in [0.717, 1.165) is 91.5 Å². The number of ether oxygens (including phenoxy) is 9. The third-order valence-corrected chi connectivity index (χ3v) is 27.0. The number of alkyl halides is 4. The minimum atomic E-state index is -6.18. The van der Waals surface area contributed by atoms with Crippen LogP contribution in [0.1, 0.15) is 126 Å². The van der Waals surface area contributed by atoms with E-state index in [1.807, 2.05) is 0 Å². The van der Waals surface area contributed by atoms with Crippen LogP contribution in [-0.2, 0) is 89.6 Å². The molecular weight excluding hydrogens is 1540 g/mol. The van der Waals surface area contributed by atoms with E-state index in [2.05, 4.69) is 217 Å². The first kappa shape index (κ1) is 90.4. The molecule has 0 amide bonds. The van der Waals surface area contributed by atoms with Crippen molar-refractivity contribution in [1.29, 1.82) is 0 Å². The molecule has 8 fully saturated rings. The van der Waals surface area contributed by atoms with E-state index in [4.69, 9.17) is 33.2 Å². The third-order valence-electron chi connectivity index (χ3n) is 21.1. The Hall–Kier alpha value is -8.12. The number of esters is 3. The van der Waals surface area contributed by atoms with Crippen molar-refractivity contribution in [3.63, 3.8) is 0 Å². The van der Waals surface area contributed by atoms with Crippen LogP contribution in [0.5, 0.6) is 11.5 Å². The van der Waals surface area contributed by atoms with Gasteiger partial charge in [0, 0.05) is 24.3 Å². The molecule has 14 rings (SSSR count). The van der Waals surface area contributed by atoms with Crippen LogP contribution in [0.25, 0.3) is 0 Å². The van der Waals surface area contributed by atoms with Gasteiger partial charge in [-0.15, -0.1) is 0 Å². The average Bonchev–Trinajstić information content (AvgIpc) is 0.753. The Kier molecular flexibility index (Phi) is 33.6. The van der Waals surface area contributed by atoms with Gasteiger partial charge in [-0.2, -0.15) is 17.6 Å². The quantitative estimate of drug-likeness (QED) is 0.00782. The lowest BCUT2D eigenvalue weighted by atomic mass is 9.49. The molecule has 8 saturated carbocycles. The fourth-order valence-electron chi connectivity index (χ4n) is 17.0. The zero-order chi connectivity index (χ0) is 82.2. The molecule has 0 atom stereocenters. The summed E-state index contributed by atoms with van der Waals surface area (Å²) in [7, 11) is -12.6. The first-order valence-corrected chi connectivity index (χ1v) is 43.5. The van der Waals surface area contributed by atoms with E-state index in [9.17, 15) is 62.7 Å². The Bertz CT molecular complexity index is 3860. The lowest BCUT2D eigenvalue weighted by molar-refractivity contribution is -0.894.